The van der Waals surface area contributed by atoms with Crippen molar-refractivity contribution in [3.8, 4) is 0 Å². The molecule has 0 spiro atoms. The number of halogens is 1. The van der Waals surface area contributed by atoms with Crippen LogP contribution in [0.4, 0.5) is 4.79 Å². The highest BCUT2D eigenvalue weighted by Gasteiger charge is 2.38. The second-order valence-corrected chi connectivity index (χ2v) is 7.46. The van der Waals surface area contributed by atoms with Crippen LogP contribution in [-0.4, -0.2) is 34.8 Å². The fraction of sp³-hybridized carbons (Fsp3) is 0.562. The Labute approximate surface area is 134 Å². The third-order valence-corrected chi connectivity index (χ3v) is 4.03. The molecular weight excluding hydrogens is 334 g/mol. The maximum absolute atomic E-state index is 12.2. The van der Waals surface area contributed by atoms with Gasteiger partial charge in [-0.05, 0) is 51.3 Å². The maximum atomic E-state index is 12.2. The van der Waals surface area contributed by atoms with Crippen molar-refractivity contribution in [2.24, 2.45) is 0 Å². The highest BCUT2D eigenvalue weighted by Crippen LogP contribution is 2.32. The molecule has 1 aliphatic heterocycles. The van der Waals surface area contributed by atoms with E-state index in [1.165, 1.54) is 0 Å². The lowest BCUT2D eigenvalue weighted by Crippen LogP contribution is -2.49. The molecule has 5 heteroatoms. The normalized spacial score (nSPS) is 23.0. The summed E-state index contributed by atoms with van der Waals surface area (Å²) in [6, 6.07) is 7.59. The van der Waals surface area contributed by atoms with E-state index >= 15 is 0 Å². The summed E-state index contributed by atoms with van der Waals surface area (Å²) < 4.78 is 6.36. The summed E-state index contributed by atoms with van der Waals surface area (Å²) in [6.45, 7) is 6.42. The standard InChI is InChI=1S/C16H22BrNO3/c1-15(2,3)21-14(19)18-10-4-9-16(20,11-18)12-5-7-13(17)8-6-12/h5-8,20H,4,9-11H2,1-3H3/t16-/m1/s1. The summed E-state index contributed by atoms with van der Waals surface area (Å²) >= 11 is 3.39. The Balaban J connectivity index is 2.12. The van der Waals surface area contributed by atoms with Gasteiger partial charge in [0.2, 0.25) is 0 Å². The maximum Gasteiger partial charge on any atom is 0.410 e. The molecule has 1 saturated heterocycles. The molecule has 1 fully saturated rings. The molecule has 0 unspecified atom stereocenters. The van der Waals surface area contributed by atoms with Gasteiger partial charge in [0.25, 0.3) is 0 Å². The Morgan fingerprint density at radius 2 is 1.95 bits per heavy atom. The summed E-state index contributed by atoms with van der Waals surface area (Å²) in [6.07, 6.45) is 1.04. The third kappa shape index (κ3) is 4.20. The van der Waals surface area contributed by atoms with E-state index in [0.717, 1.165) is 16.5 Å². The van der Waals surface area contributed by atoms with Gasteiger partial charge in [-0.25, -0.2) is 4.79 Å². The minimum absolute atomic E-state index is 0.267. The van der Waals surface area contributed by atoms with Gasteiger partial charge in [0, 0.05) is 11.0 Å². The van der Waals surface area contributed by atoms with E-state index in [2.05, 4.69) is 15.9 Å². The number of hydrogen-bond donors (Lipinski definition) is 1. The van der Waals surface area contributed by atoms with Crippen LogP contribution in [0.1, 0.15) is 39.2 Å². The number of likely N-dealkylation sites (tertiary alicyclic amines) is 1. The predicted molar refractivity (Wildman–Crippen MR) is 85.1 cm³/mol. The zero-order chi connectivity index (χ0) is 15.7. The third-order valence-electron chi connectivity index (χ3n) is 3.50. The van der Waals surface area contributed by atoms with Gasteiger partial charge in [-0.3, -0.25) is 0 Å². The van der Waals surface area contributed by atoms with Gasteiger partial charge < -0.3 is 14.7 Å². The molecule has 116 valence electrons. The van der Waals surface area contributed by atoms with E-state index < -0.39 is 11.2 Å². The van der Waals surface area contributed by atoms with Gasteiger partial charge in [-0.2, -0.15) is 0 Å². The Morgan fingerprint density at radius 1 is 1.33 bits per heavy atom. The molecule has 0 radical (unpaired) electrons. The van der Waals surface area contributed by atoms with Gasteiger partial charge in [0.05, 0.1) is 6.54 Å². The van der Waals surface area contributed by atoms with Crippen LogP contribution in [0.5, 0.6) is 0 Å². The lowest BCUT2D eigenvalue weighted by atomic mass is 9.86. The number of carbonyl (C=O) groups excluding carboxylic acids is 1. The minimum Gasteiger partial charge on any atom is -0.444 e. The number of carbonyl (C=O) groups is 1. The molecular formula is C16H22BrNO3. The van der Waals surface area contributed by atoms with E-state index in [-0.39, 0.29) is 12.6 Å². The molecule has 1 aromatic rings. The SMILES string of the molecule is CC(C)(C)OC(=O)N1CCC[C@](O)(c2ccc(Br)cc2)C1. The van der Waals surface area contributed by atoms with Crippen molar-refractivity contribution in [1.82, 2.24) is 4.90 Å². The first-order chi connectivity index (χ1) is 9.70. The van der Waals surface area contributed by atoms with Crippen LogP contribution in [-0.2, 0) is 10.3 Å². The van der Waals surface area contributed by atoms with Crippen LogP contribution in [0.2, 0.25) is 0 Å². The minimum atomic E-state index is -1.00. The van der Waals surface area contributed by atoms with Gasteiger partial charge >= 0.3 is 6.09 Å². The lowest BCUT2D eigenvalue weighted by Gasteiger charge is -2.40. The van der Waals surface area contributed by atoms with Crippen molar-refractivity contribution in [1.29, 1.82) is 0 Å². The molecule has 1 heterocycles. The molecule has 21 heavy (non-hydrogen) atoms. The summed E-state index contributed by atoms with van der Waals surface area (Å²) in [7, 11) is 0. The molecule has 1 N–H and O–H groups in total. The van der Waals surface area contributed by atoms with Crippen LogP contribution in [0.25, 0.3) is 0 Å². The van der Waals surface area contributed by atoms with Crippen LogP contribution in [0, 0.1) is 0 Å². The molecule has 1 aliphatic rings. The van der Waals surface area contributed by atoms with Crippen molar-refractivity contribution < 1.29 is 14.6 Å². The van der Waals surface area contributed by atoms with Gasteiger partial charge in [0.1, 0.15) is 11.2 Å². The summed E-state index contributed by atoms with van der Waals surface area (Å²) in [5, 5.41) is 10.9. The summed E-state index contributed by atoms with van der Waals surface area (Å²) in [4.78, 5) is 13.8. The number of benzene rings is 1. The zero-order valence-corrected chi connectivity index (χ0v) is 14.3. The molecule has 2 rings (SSSR count). The molecule has 0 saturated carbocycles. The summed E-state index contributed by atoms with van der Waals surface area (Å²) in [5.74, 6) is 0. The van der Waals surface area contributed by atoms with Gasteiger partial charge in [-0.15, -0.1) is 0 Å². The first-order valence-corrected chi connectivity index (χ1v) is 7.95. The van der Waals surface area contributed by atoms with Crippen LogP contribution >= 0.6 is 15.9 Å². The predicted octanol–water partition coefficient (Wildman–Crippen LogP) is 3.67. The van der Waals surface area contributed by atoms with Crippen molar-refractivity contribution >= 4 is 22.0 Å². The highest BCUT2D eigenvalue weighted by molar-refractivity contribution is 9.10. The fourth-order valence-corrected chi connectivity index (χ4v) is 2.78. The molecule has 0 aliphatic carbocycles. The number of rotatable bonds is 1. The van der Waals surface area contributed by atoms with E-state index in [4.69, 9.17) is 4.74 Å². The lowest BCUT2D eigenvalue weighted by molar-refractivity contribution is -0.0465. The topological polar surface area (TPSA) is 49.8 Å². The number of amides is 1. The zero-order valence-electron chi connectivity index (χ0n) is 12.7. The first-order valence-electron chi connectivity index (χ1n) is 7.16. The van der Waals surface area contributed by atoms with E-state index in [9.17, 15) is 9.90 Å². The summed E-state index contributed by atoms with van der Waals surface area (Å²) in [5.41, 5.74) is -0.695. The van der Waals surface area contributed by atoms with Crippen LogP contribution in [0.3, 0.4) is 0 Å². The number of ether oxygens (including phenoxy) is 1. The van der Waals surface area contributed by atoms with Crippen LogP contribution in [0.15, 0.2) is 28.7 Å². The average molecular weight is 356 g/mol. The smallest absolute Gasteiger partial charge is 0.410 e. The quantitative estimate of drug-likeness (QED) is 0.835. The second-order valence-electron chi connectivity index (χ2n) is 6.54. The molecule has 1 amide bonds. The Kier molecular flexibility index (Phi) is 4.63. The molecule has 4 nitrogen and oxygen atoms in total. The molecule has 0 aromatic heterocycles. The van der Waals surface area contributed by atoms with Crippen molar-refractivity contribution in [2.75, 3.05) is 13.1 Å². The van der Waals surface area contributed by atoms with Crippen molar-refractivity contribution in [3.05, 3.63) is 34.3 Å². The fourth-order valence-electron chi connectivity index (χ4n) is 2.51. The number of piperidine rings is 1. The number of nitrogens with zero attached hydrogens (tertiary/aromatic N) is 1. The Hall–Kier alpha value is -1.07. The Bertz CT molecular complexity index is 509. The van der Waals surface area contributed by atoms with Gasteiger partial charge in [0.15, 0.2) is 0 Å². The van der Waals surface area contributed by atoms with Crippen molar-refractivity contribution in [2.45, 2.75) is 44.8 Å². The molecule has 0 bridgehead atoms. The number of hydrogen-bond acceptors (Lipinski definition) is 3. The van der Waals surface area contributed by atoms with Gasteiger partial charge in [-0.1, -0.05) is 28.1 Å². The molecule has 1 atom stereocenters. The number of aliphatic hydroxyl groups is 1. The Morgan fingerprint density at radius 3 is 2.52 bits per heavy atom. The largest absolute Gasteiger partial charge is 0.444 e. The molecule has 1 aromatic carbocycles. The van der Waals surface area contributed by atoms with E-state index in [0.29, 0.717) is 13.0 Å². The van der Waals surface area contributed by atoms with E-state index in [1.54, 1.807) is 4.90 Å². The highest BCUT2D eigenvalue weighted by atomic mass is 79.9. The second kappa shape index (κ2) is 5.97. The first kappa shape index (κ1) is 16.3. The van der Waals surface area contributed by atoms with Crippen LogP contribution < -0.4 is 0 Å². The average Bonchev–Trinajstić information content (AvgIpc) is 2.37. The number of β-amino-alcohol motifs (C(OH)–C–C–N with tert-alkyl or cyclic N) is 1. The monoisotopic (exact) mass is 355 g/mol. The van der Waals surface area contributed by atoms with E-state index in [1.807, 2.05) is 45.0 Å². The van der Waals surface area contributed by atoms with Crippen molar-refractivity contribution in [3.63, 3.8) is 0 Å².